The minimum Gasteiger partial charge on any atom is -0.273 e. The summed E-state index contributed by atoms with van der Waals surface area (Å²) >= 11 is 5.81. The van der Waals surface area contributed by atoms with Gasteiger partial charge in [-0.2, -0.15) is 0 Å². The number of hydrogen-bond donors (Lipinski definition) is 2. The van der Waals surface area contributed by atoms with Crippen LogP contribution in [0, 0.1) is 0 Å². The number of benzene rings is 2. The van der Waals surface area contributed by atoms with Crippen molar-refractivity contribution in [1.29, 1.82) is 0 Å². The van der Waals surface area contributed by atoms with E-state index >= 15 is 0 Å². The highest BCUT2D eigenvalue weighted by atomic mass is 35.5. The van der Waals surface area contributed by atoms with Crippen LogP contribution in [-0.2, 0) is 17.6 Å². The van der Waals surface area contributed by atoms with Crippen LogP contribution in [0.3, 0.4) is 0 Å². The average molecular weight is 331 g/mol. The quantitative estimate of drug-likeness (QED) is 0.826. The number of hydrogen-bond acceptors (Lipinski definition) is 2. The third kappa shape index (κ3) is 5.42. The van der Waals surface area contributed by atoms with Gasteiger partial charge in [-0.3, -0.25) is 20.4 Å². The lowest BCUT2D eigenvalue weighted by atomic mass is 10.1. The minimum absolute atomic E-state index is 0.238. The molecule has 0 saturated heterocycles. The van der Waals surface area contributed by atoms with Gasteiger partial charge in [-0.25, -0.2) is 0 Å². The first-order chi connectivity index (χ1) is 11.1. The second-order valence-electron chi connectivity index (χ2n) is 5.18. The van der Waals surface area contributed by atoms with Crippen molar-refractivity contribution in [2.75, 3.05) is 0 Å². The summed E-state index contributed by atoms with van der Waals surface area (Å²) in [5, 5.41) is 0.666. The number of hydrazine groups is 1. The predicted molar refractivity (Wildman–Crippen MR) is 91.2 cm³/mol. The van der Waals surface area contributed by atoms with Gasteiger partial charge in [0, 0.05) is 17.0 Å². The molecule has 2 rings (SSSR count). The molecule has 23 heavy (non-hydrogen) atoms. The molecule has 0 spiro atoms. The van der Waals surface area contributed by atoms with Gasteiger partial charge in [-0.15, -0.1) is 0 Å². The highest BCUT2D eigenvalue weighted by Crippen LogP contribution is 2.10. The summed E-state index contributed by atoms with van der Waals surface area (Å²) < 4.78 is 0. The maximum absolute atomic E-state index is 11.9. The Hall–Kier alpha value is -2.33. The largest absolute Gasteiger partial charge is 0.273 e. The summed E-state index contributed by atoms with van der Waals surface area (Å²) in [6, 6.07) is 14.6. The molecular formula is C18H19ClN2O2. The second kappa shape index (κ2) is 8.34. The second-order valence-corrected chi connectivity index (χ2v) is 5.62. The molecular weight excluding hydrogens is 312 g/mol. The van der Waals surface area contributed by atoms with E-state index in [-0.39, 0.29) is 18.2 Å². The number of amides is 2. The summed E-state index contributed by atoms with van der Waals surface area (Å²) in [6.45, 7) is 2.05. The van der Waals surface area contributed by atoms with E-state index in [1.807, 2.05) is 24.3 Å². The summed E-state index contributed by atoms with van der Waals surface area (Å²) in [7, 11) is 0. The van der Waals surface area contributed by atoms with E-state index in [9.17, 15) is 9.59 Å². The van der Waals surface area contributed by atoms with Crippen molar-refractivity contribution >= 4 is 23.4 Å². The minimum atomic E-state index is -0.326. The van der Waals surface area contributed by atoms with Crippen LogP contribution in [0.15, 0.2) is 48.5 Å². The van der Waals surface area contributed by atoms with E-state index in [1.165, 1.54) is 0 Å². The number of carbonyl (C=O) groups excluding carboxylic acids is 2. The van der Waals surface area contributed by atoms with Crippen molar-refractivity contribution in [1.82, 2.24) is 10.9 Å². The fourth-order valence-electron chi connectivity index (χ4n) is 2.06. The maximum atomic E-state index is 11.9. The topological polar surface area (TPSA) is 58.2 Å². The van der Waals surface area contributed by atoms with Crippen LogP contribution in [0.5, 0.6) is 0 Å². The molecule has 0 atom stereocenters. The summed E-state index contributed by atoms with van der Waals surface area (Å²) in [4.78, 5) is 23.7. The van der Waals surface area contributed by atoms with Gasteiger partial charge in [0.2, 0.25) is 5.91 Å². The third-order valence-corrected chi connectivity index (χ3v) is 3.75. The van der Waals surface area contributed by atoms with E-state index in [0.717, 1.165) is 17.5 Å². The Morgan fingerprint density at radius 2 is 1.52 bits per heavy atom. The molecule has 0 aliphatic heterocycles. The average Bonchev–Trinajstić information content (AvgIpc) is 2.59. The van der Waals surface area contributed by atoms with Crippen LogP contribution in [0.25, 0.3) is 0 Å². The van der Waals surface area contributed by atoms with Gasteiger partial charge in [0.05, 0.1) is 0 Å². The number of rotatable bonds is 5. The van der Waals surface area contributed by atoms with E-state index < -0.39 is 0 Å². The lowest BCUT2D eigenvalue weighted by molar-refractivity contribution is -0.121. The van der Waals surface area contributed by atoms with Gasteiger partial charge in [0.15, 0.2) is 0 Å². The Labute approximate surface area is 140 Å². The number of nitrogens with one attached hydrogen (secondary N) is 2. The molecule has 0 heterocycles. The first kappa shape index (κ1) is 17.0. The number of halogens is 1. The zero-order valence-corrected chi connectivity index (χ0v) is 13.7. The van der Waals surface area contributed by atoms with Gasteiger partial charge >= 0.3 is 0 Å². The van der Waals surface area contributed by atoms with Crippen molar-refractivity contribution < 1.29 is 9.59 Å². The normalized spacial score (nSPS) is 10.2. The molecule has 0 unspecified atom stereocenters. The molecule has 120 valence electrons. The Morgan fingerprint density at radius 1 is 0.913 bits per heavy atom. The Bertz CT molecular complexity index is 666. The molecule has 0 aliphatic carbocycles. The lowest BCUT2D eigenvalue weighted by Crippen LogP contribution is -2.41. The predicted octanol–water partition coefficient (Wildman–Crippen LogP) is 3.30. The van der Waals surface area contributed by atoms with Gasteiger partial charge in [0.25, 0.3) is 5.91 Å². The highest BCUT2D eigenvalue weighted by molar-refractivity contribution is 6.30. The van der Waals surface area contributed by atoms with Crippen LogP contribution in [0.4, 0.5) is 0 Å². The monoisotopic (exact) mass is 330 g/mol. The van der Waals surface area contributed by atoms with Crippen molar-refractivity contribution in [2.45, 2.75) is 26.2 Å². The first-order valence-electron chi connectivity index (χ1n) is 7.51. The molecule has 0 fully saturated rings. The van der Waals surface area contributed by atoms with Crippen molar-refractivity contribution in [2.24, 2.45) is 0 Å². The SMILES string of the molecule is CCc1ccc(C(=O)NNC(=O)CCc2ccc(Cl)cc2)cc1. The molecule has 4 nitrogen and oxygen atoms in total. The summed E-state index contributed by atoms with van der Waals surface area (Å²) in [5.41, 5.74) is 7.54. The fraction of sp³-hybridized carbons (Fsp3) is 0.222. The van der Waals surface area contributed by atoms with Crippen molar-refractivity contribution in [3.05, 3.63) is 70.2 Å². The molecule has 2 amide bonds. The number of carbonyl (C=O) groups is 2. The first-order valence-corrected chi connectivity index (χ1v) is 7.89. The molecule has 5 heteroatoms. The van der Waals surface area contributed by atoms with Crippen LogP contribution in [-0.4, -0.2) is 11.8 Å². The summed E-state index contributed by atoms with van der Waals surface area (Å²) in [6.07, 6.45) is 1.80. The van der Waals surface area contributed by atoms with Crippen molar-refractivity contribution in [3.8, 4) is 0 Å². The fourth-order valence-corrected chi connectivity index (χ4v) is 2.19. The zero-order chi connectivity index (χ0) is 16.7. The highest BCUT2D eigenvalue weighted by Gasteiger charge is 2.07. The molecule has 0 saturated carbocycles. The van der Waals surface area contributed by atoms with Gasteiger partial charge < -0.3 is 0 Å². The molecule has 2 aromatic carbocycles. The molecule has 0 aromatic heterocycles. The number of aryl methyl sites for hydroxylation is 2. The van der Waals surface area contributed by atoms with E-state index in [2.05, 4.69) is 17.8 Å². The Balaban J connectivity index is 1.76. The Morgan fingerprint density at radius 3 is 2.13 bits per heavy atom. The van der Waals surface area contributed by atoms with E-state index in [4.69, 9.17) is 11.6 Å². The van der Waals surface area contributed by atoms with E-state index in [1.54, 1.807) is 24.3 Å². The van der Waals surface area contributed by atoms with Crippen molar-refractivity contribution in [3.63, 3.8) is 0 Å². The smallest absolute Gasteiger partial charge is 0.269 e. The molecule has 0 bridgehead atoms. The molecule has 0 aliphatic rings. The van der Waals surface area contributed by atoms with Crippen LogP contribution in [0.2, 0.25) is 5.02 Å². The Kier molecular flexibility index (Phi) is 6.18. The maximum Gasteiger partial charge on any atom is 0.269 e. The van der Waals surface area contributed by atoms with E-state index in [0.29, 0.717) is 17.0 Å². The molecule has 0 radical (unpaired) electrons. The van der Waals surface area contributed by atoms with Crippen LogP contribution < -0.4 is 10.9 Å². The van der Waals surface area contributed by atoms with Gasteiger partial charge in [-0.05, 0) is 48.2 Å². The standard InChI is InChI=1S/C18H19ClN2O2/c1-2-13-3-8-15(9-4-13)18(23)21-20-17(22)12-7-14-5-10-16(19)11-6-14/h3-6,8-11H,2,7,12H2,1H3,(H,20,22)(H,21,23). The van der Waals surface area contributed by atoms with Gasteiger partial charge in [0.1, 0.15) is 0 Å². The van der Waals surface area contributed by atoms with Crippen LogP contribution >= 0.6 is 11.6 Å². The molecule has 2 N–H and O–H groups in total. The van der Waals surface area contributed by atoms with Crippen LogP contribution in [0.1, 0.15) is 34.8 Å². The lowest BCUT2D eigenvalue weighted by Gasteiger charge is -2.08. The zero-order valence-electron chi connectivity index (χ0n) is 12.9. The molecule has 2 aromatic rings. The summed E-state index contributed by atoms with van der Waals surface area (Å²) in [5.74, 6) is -0.564. The van der Waals surface area contributed by atoms with Gasteiger partial charge in [-0.1, -0.05) is 42.8 Å². The third-order valence-electron chi connectivity index (χ3n) is 3.49.